The number of hydrogen-bond acceptors (Lipinski definition) is 4. The molecule has 5 rings (SSSR count). The fraction of sp³-hybridized carbons (Fsp3) is 0.500. The van der Waals surface area contributed by atoms with Gasteiger partial charge in [0.25, 0.3) is 0 Å². The SMILES string of the molecule is c1cc2c(cc1C1(c3cc4n(n3)CCCN4)CCC1)OCCO2. The van der Waals surface area contributed by atoms with Crippen LogP contribution >= 0.6 is 0 Å². The Labute approximate surface area is 135 Å². The number of anilines is 1. The van der Waals surface area contributed by atoms with Crippen molar-refractivity contribution >= 4 is 5.82 Å². The van der Waals surface area contributed by atoms with Crippen molar-refractivity contribution in [2.75, 3.05) is 25.1 Å². The number of ether oxygens (including phenoxy) is 2. The van der Waals surface area contributed by atoms with Crippen LogP contribution in [0.2, 0.25) is 0 Å². The first kappa shape index (κ1) is 13.3. The lowest BCUT2D eigenvalue weighted by Gasteiger charge is -2.41. The van der Waals surface area contributed by atoms with Crippen molar-refractivity contribution in [3.8, 4) is 11.5 Å². The maximum Gasteiger partial charge on any atom is 0.161 e. The van der Waals surface area contributed by atoms with E-state index in [2.05, 4.69) is 34.3 Å². The standard InChI is InChI=1S/C18H21N3O2/c1-5-18(6-1,16-12-17-19-7-2-8-21(17)20-16)13-3-4-14-15(11-13)23-10-9-22-14/h3-4,11-12,19H,1-2,5-10H2. The highest BCUT2D eigenvalue weighted by molar-refractivity contribution is 5.51. The highest BCUT2D eigenvalue weighted by atomic mass is 16.6. The summed E-state index contributed by atoms with van der Waals surface area (Å²) in [5.74, 6) is 2.90. The van der Waals surface area contributed by atoms with Gasteiger partial charge in [0.2, 0.25) is 0 Å². The van der Waals surface area contributed by atoms with Crippen molar-refractivity contribution < 1.29 is 9.47 Å². The molecule has 3 heterocycles. The zero-order valence-electron chi connectivity index (χ0n) is 13.2. The molecule has 1 aromatic carbocycles. The van der Waals surface area contributed by atoms with E-state index in [9.17, 15) is 0 Å². The molecule has 5 heteroatoms. The fourth-order valence-electron chi connectivity index (χ4n) is 3.97. The number of aryl methyl sites for hydroxylation is 1. The van der Waals surface area contributed by atoms with Gasteiger partial charge in [0, 0.05) is 24.6 Å². The first-order valence-corrected chi connectivity index (χ1v) is 8.58. The Kier molecular flexibility index (Phi) is 2.84. The second-order valence-electron chi connectivity index (χ2n) is 6.71. The number of hydrogen-bond donors (Lipinski definition) is 1. The summed E-state index contributed by atoms with van der Waals surface area (Å²) in [6.45, 7) is 3.32. The smallest absolute Gasteiger partial charge is 0.161 e. The second kappa shape index (κ2) is 4.91. The summed E-state index contributed by atoms with van der Waals surface area (Å²) in [6, 6.07) is 8.66. The largest absolute Gasteiger partial charge is 0.486 e. The minimum atomic E-state index is 0.0435. The quantitative estimate of drug-likeness (QED) is 0.926. The zero-order valence-corrected chi connectivity index (χ0v) is 13.2. The molecule has 1 N–H and O–H groups in total. The van der Waals surface area contributed by atoms with E-state index in [0.29, 0.717) is 13.2 Å². The molecule has 0 radical (unpaired) electrons. The number of nitrogens with one attached hydrogen (secondary N) is 1. The van der Waals surface area contributed by atoms with Crippen LogP contribution in [0.15, 0.2) is 24.3 Å². The summed E-state index contributed by atoms with van der Waals surface area (Å²) < 4.78 is 13.6. The Bertz CT molecular complexity index is 725. The van der Waals surface area contributed by atoms with Crippen molar-refractivity contribution in [2.24, 2.45) is 0 Å². The zero-order chi connectivity index (χ0) is 15.3. The number of benzene rings is 1. The maximum atomic E-state index is 5.78. The van der Waals surface area contributed by atoms with E-state index < -0.39 is 0 Å². The Morgan fingerprint density at radius 3 is 2.70 bits per heavy atom. The van der Waals surface area contributed by atoms with Crippen LogP contribution in [-0.2, 0) is 12.0 Å². The van der Waals surface area contributed by atoms with Gasteiger partial charge in [-0.15, -0.1) is 0 Å². The third-order valence-electron chi connectivity index (χ3n) is 5.42. The predicted molar refractivity (Wildman–Crippen MR) is 87.4 cm³/mol. The molecule has 2 aliphatic heterocycles. The molecule has 0 bridgehead atoms. The van der Waals surface area contributed by atoms with E-state index in [4.69, 9.17) is 14.6 Å². The van der Waals surface area contributed by atoms with Crippen LogP contribution in [0.4, 0.5) is 5.82 Å². The molecule has 2 aromatic rings. The molecular weight excluding hydrogens is 290 g/mol. The highest BCUT2D eigenvalue weighted by Crippen LogP contribution is 2.50. The molecule has 0 amide bonds. The number of fused-ring (bicyclic) bond motifs is 2. The number of nitrogens with zero attached hydrogens (tertiary/aromatic N) is 2. The molecule has 23 heavy (non-hydrogen) atoms. The van der Waals surface area contributed by atoms with E-state index in [1.165, 1.54) is 17.7 Å². The third-order valence-corrected chi connectivity index (χ3v) is 5.42. The van der Waals surface area contributed by atoms with Crippen LogP contribution in [0.25, 0.3) is 0 Å². The molecule has 120 valence electrons. The van der Waals surface area contributed by atoms with Crippen molar-refractivity contribution in [3.05, 3.63) is 35.5 Å². The van der Waals surface area contributed by atoms with E-state index >= 15 is 0 Å². The predicted octanol–water partition coefficient (Wildman–Crippen LogP) is 2.94. The van der Waals surface area contributed by atoms with Crippen LogP contribution in [-0.4, -0.2) is 29.5 Å². The van der Waals surface area contributed by atoms with Gasteiger partial charge < -0.3 is 14.8 Å². The van der Waals surface area contributed by atoms with Crippen LogP contribution in [0, 0.1) is 0 Å². The average Bonchev–Trinajstić information content (AvgIpc) is 2.97. The Hall–Kier alpha value is -2.17. The van der Waals surface area contributed by atoms with E-state index in [1.807, 2.05) is 0 Å². The van der Waals surface area contributed by atoms with Crippen molar-refractivity contribution in [3.63, 3.8) is 0 Å². The normalized spacial score (nSPS) is 21.0. The van der Waals surface area contributed by atoms with E-state index in [1.54, 1.807) is 0 Å². The summed E-state index contributed by atoms with van der Waals surface area (Å²) in [5.41, 5.74) is 2.55. The molecule has 1 aliphatic carbocycles. The lowest BCUT2D eigenvalue weighted by molar-refractivity contribution is 0.170. The molecule has 5 nitrogen and oxygen atoms in total. The Morgan fingerprint density at radius 1 is 1.04 bits per heavy atom. The highest BCUT2D eigenvalue weighted by Gasteiger charge is 2.43. The Balaban J connectivity index is 1.57. The second-order valence-corrected chi connectivity index (χ2v) is 6.71. The summed E-state index contributed by atoms with van der Waals surface area (Å²) >= 11 is 0. The van der Waals surface area contributed by atoms with Crippen molar-refractivity contribution in [1.29, 1.82) is 0 Å². The summed E-state index contributed by atoms with van der Waals surface area (Å²) in [7, 11) is 0. The van der Waals surface area contributed by atoms with Gasteiger partial charge in [-0.25, -0.2) is 4.68 Å². The number of rotatable bonds is 2. The van der Waals surface area contributed by atoms with Gasteiger partial charge in [-0.05, 0) is 37.0 Å². The molecule has 1 saturated carbocycles. The van der Waals surface area contributed by atoms with Crippen LogP contribution < -0.4 is 14.8 Å². The molecule has 3 aliphatic rings. The fourth-order valence-corrected chi connectivity index (χ4v) is 3.97. The molecule has 1 aromatic heterocycles. The molecule has 1 fully saturated rings. The van der Waals surface area contributed by atoms with Crippen LogP contribution in [0.3, 0.4) is 0 Å². The third kappa shape index (κ3) is 1.95. The molecule has 0 saturated heterocycles. The molecular formula is C18H21N3O2. The monoisotopic (exact) mass is 311 g/mol. The minimum Gasteiger partial charge on any atom is -0.486 e. The van der Waals surface area contributed by atoms with E-state index in [0.717, 1.165) is 49.7 Å². The topological polar surface area (TPSA) is 48.3 Å². The molecule has 0 atom stereocenters. The lowest BCUT2D eigenvalue weighted by Crippen LogP contribution is -2.36. The summed E-state index contributed by atoms with van der Waals surface area (Å²) in [4.78, 5) is 0. The van der Waals surface area contributed by atoms with Gasteiger partial charge in [0.15, 0.2) is 11.5 Å². The van der Waals surface area contributed by atoms with Gasteiger partial charge in [-0.1, -0.05) is 12.5 Å². The van der Waals surface area contributed by atoms with Gasteiger partial charge in [0.1, 0.15) is 19.0 Å². The van der Waals surface area contributed by atoms with Crippen molar-refractivity contribution in [2.45, 2.75) is 37.6 Å². The van der Waals surface area contributed by atoms with Gasteiger partial charge in [0.05, 0.1) is 5.69 Å². The van der Waals surface area contributed by atoms with Gasteiger partial charge >= 0.3 is 0 Å². The minimum absolute atomic E-state index is 0.0435. The summed E-state index contributed by atoms with van der Waals surface area (Å²) in [6.07, 6.45) is 4.71. The Morgan fingerprint density at radius 2 is 1.91 bits per heavy atom. The van der Waals surface area contributed by atoms with Crippen LogP contribution in [0.1, 0.15) is 36.9 Å². The van der Waals surface area contributed by atoms with Crippen LogP contribution in [0.5, 0.6) is 11.5 Å². The van der Waals surface area contributed by atoms with E-state index in [-0.39, 0.29) is 5.41 Å². The average molecular weight is 311 g/mol. The van der Waals surface area contributed by atoms with Gasteiger partial charge in [-0.3, -0.25) is 0 Å². The van der Waals surface area contributed by atoms with Crippen molar-refractivity contribution in [1.82, 2.24) is 9.78 Å². The molecule has 0 unspecified atom stereocenters. The summed E-state index contributed by atoms with van der Waals surface area (Å²) in [5, 5.41) is 8.38. The molecule has 0 spiro atoms. The maximum absolute atomic E-state index is 5.78. The lowest BCUT2D eigenvalue weighted by atomic mass is 9.62. The van der Waals surface area contributed by atoms with Gasteiger partial charge in [-0.2, -0.15) is 5.10 Å². The number of aromatic nitrogens is 2. The first-order chi connectivity index (χ1) is 11.4. The first-order valence-electron chi connectivity index (χ1n) is 8.58.